The van der Waals surface area contributed by atoms with Crippen LogP contribution in [-0.2, 0) is 13.0 Å². The molecule has 0 fully saturated rings. The van der Waals surface area contributed by atoms with Gasteiger partial charge in [-0.15, -0.1) is 0 Å². The van der Waals surface area contributed by atoms with E-state index < -0.39 is 0 Å². The molecule has 2 heterocycles. The second-order valence-electron chi connectivity index (χ2n) is 3.64. The quantitative estimate of drug-likeness (QED) is 0.770. The van der Waals surface area contributed by atoms with E-state index in [0.717, 1.165) is 19.5 Å². The van der Waals surface area contributed by atoms with Crippen molar-refractivity contribution in [2.75, 3.05) is 6.54 Å². The number of hydrogen-bond acceptors (Lipinski definition) is 3. The van der Waals surface area contributed by atoms with Gasteiger partial charge >= 0.3 is 0 Å². The van der Waals surface area contributed by atoms with Crippen LogP contribution in [0, 0.1) is 0 Å². The largest absolute Gasteiger partial charge is 0.312 e. The summed E-state index contributed by atoms with van der Waals surface area (Å²) in [6, 6.07) is 8.15. The van der Waals surface area contributed by atoms with Crippen LogP contribution in [0.3, 0.4) is 0 Å². The molecule has 0 bridgehead atoms. The molecule has 82 valence electrons. The highest BCUT2D eigenvalue weighted by atomic mass is 14.8. The van der Waals surface area contributed by atoms with E-state index in [0.29, 0.717) is 0 Å². The molecule has 2 aromatic rings. The number of rotatable bonds is 5. The second kappa shape index (κ2) is 5.98. The fourth-order valence-electron chi connectivity index (χ4n) is 1.52. The molecule has 2 aromatic heterocycles. The zero-order valence-electron chi connectivity index (χ0n) is 9.13. The fraction of sp³-hybridized carbons (Fsp3) is 0.231. The molecule has 0 aliphatic carbocycles. The monoisotopic (exact) mass is 213 g/mol. The molecule has 0 spiro atoms. The molecule has 0 amide bonds. The number of nitrogens with zero attached hydrogens (tertiary/aromatic N) is 2. The van der Waals surface area contributed by atoms with Gasteiger partial charge in [-0.05, 0) is 48.4 Å². The van der Waals surface area contributed by atoms with Crippen LogP contribution in [0.1, 0.15) is 11.1 Å². The molecule has 3 heteroatoms. The molecule has 0 radical (unpaired) electrons. The predicted molar refractivity (Wildman–Crippen MR) is 63.9 cm³/mol. The molecule has 0 aromatic carbocycles. The Balaban J connectivity index is 1.70. The van der Waals surface area contributed by atoms with Crippen molar-refractivity contribution in [1.29, 1.82) is 0 Å². The summed E-state index contributed by atoms with van der Waals surface area (Å²) in [6.45, 7) is 1.87. The zero-order chi connectivity index (χ0) is 11.1. The minimum Gasteiger partial charge on any atom is -0.312 e. The van der Waals surface area contributed by atoms with E-state index in [1.54, 1.807) is 0 Å². The van der Waals surface area contributed by atoms with Gasteiger partial charge in [-0.3, -0.25) is 9.97 Å². The molecular weight excluding hydrogens is 198 g/mol. The lowest BCUT2D eigenvalue weighted by atomic mass is 10.2. The van der Waals surface area contributed by atoms with E-state index in [9.17, 15) is 0 Å². The lowest BCUT2D eigenvalue weighted by Crippen LogP contribution is -2.16. The van der Waals surface area contributed by atoms with Gasteiger partial charge in [0.15, 0.2) is 0 Å². The molecular formula is C13H15N3. The van der Waals surface area contributed by atoms with Gasteiger partial charge in [-0.1, -0.05) is 0 Å². The lowest BCUT2D eigenvalue weighted by Gasteiger charge is -2.04. The van der Waals surface area contributed by atoms with Crippen LogP contribution in [0.5, 0.6) is 0 Å². The van der Waals surface area contributed by atoms with Gasteiger partial charge in [0.25, 0.3) is 0 Å². The van der Waals surface area contributed by atoms with E-state index in [1.165, 1.54) is 11.1 Å². The Bertz CT molecular complexity index is 359. The van der Waals surface area contributed by atoms with Crippen molar-refractivity contribution < 1.29 is 0 Å². The van der Waals surface area contributed by atoms with Gasteiger partial charge in [0.2, 0.25) is 0 Å². The number of pyridine rings is 2. The maximum Gasteiger partial charge on any atom is 0.0271 e. The summed E-state index contributed by atoms with van der Waals surface area (Å²) < 4.78 is 0. The van der Waals surface area contributed by atoms with Gasteiger partial charge in [0.1, 0.15) is 0 Å². The molecule has 0 saturated heterocycles. The maximum absolute atomic E-state index is 3.99. The summed E-state index contributed by atoms with van der Waals surface area (Å²) in [5, 5.41) is 3.40. The van der Waals surface area contributed by atoms with E-state index in [2.05, 4.69) is 15.3 Å². The van der Waals surface area contributed by atoms with E-state index >= 15 is 0 Å². The Hall–Kier alpha value is -1.74. The molecule has 2 rings (SSSR count). The standard InChI is InChI=1S/C13H15N3/c1-6-14-7-2-12(1)3-10-16-11-13-4-8-15-9-5-13/h1-2,4-9,16H,3,10-11H2. The third-order valence-electron chi connectivity index (χ3n) is 2.42. The van der Waals surface area contributed by atoms with Crippen LogP contribution in [-0.4, -0.2) is 16.5 Å². The highest BCUT2D eigenvalue weighted by Gasteiger charge is 1.93. The van der Waals surface area contributed by atoms with Crippen molar-refractivity contribution in [1.82, 2.24) is 15.3 Å². The first-order valence-corrected chi connectivity index (χ1v) is 5.44. The SMILES string of the molecule is c1cc(CCNCc2ccncc2)ccn1. The highest BCUT2D eigenvalue weighted by Crippen LogP contribution is 1.98. The van der Waals surface area contributed by atoms with Gasteiger partial charge in [-0.2, -0.15) is 0 Å². The Kier molecular flexibility index (Phi) is 4.02. The summed E-state index contributed by atoms with van der Waals surface area (Å²) in [5.41, 5.74) is 2.59. The van der Waals surface area contributed by atoms with Crippen molar-refractivity contribution in [3.63, 3.8) is 0 Å². The summed E-state index contributed by atoms with van der Waals surface area (Å²) in [6.07, 6.45) is 8.34. The van der Waals surface area contributed by atoms with Gasteiger partial charge in [0.05, 0.1) is 0 Å². The first-order valence-electron chi connectivity index (χ1n) is 5.44. The predicted octanol–water partition coefficient (Wildman–Crippen LogP) is 1.81. The fourth-order valence-corrected chi connectivity index (χ4v) is 1.52. The zero-order valence-corrected chi connectivity index (χ0v) is 9.13. The first kappa shape index (κ1) is 10.8. The normalized spacial score (nSPS) is 10.2. The van der Waals surface area contributed by atoms with Crippen molar-refractivity contribution in [2.24, 2.45) is 0 Å². The van der Waals surface area contributed by atoms with E-state index in [-0.39, 0.29) is 0 Å². The third-order valence-corrected chi connectivity index (χ3v) is 2.42. The van der Waals surface area contributed by atoms with Crippen LogP contribution in [0.25, 0.3) is 0 Å². The van der Waals surface area contributed by atoms with E-state index in [1.807, 2.05) is 49.1 Å². The summed E-state index contributed by atoms with van der Waals surface area (Å²) in [7, 11) is 0. The van der Waals surface area contributed by atoms with Gasteiger partial charge in [0, 0.05) is 31.3 Å². The first-order chi connectivity index (χ1) is 7.95. The highest BCUT2D eigenvalue weighted by molar-refractivity contribution is 5.11. The van der Waals surface area contributed by atoms with Crippen molar-refractivity contribution in [3.8, 4) is 0 Å². The molecule has 16 heavy (non-hydrogen) atoms. The number of aromatic nitrogens is 2. The average Bonchev–Trinajstić information content (AvgIpc) is 2.37. The van der Waals surface area contributed by atoms with Crippen LogP contribution < -0.4 is 5.32 Å². The second-order valence-corrected chi connectivity index (χ2v) is 3.64. The van der Waals surface area contributed by atoms with Crippen molar-refractivity contribution in [2.45, 2.75) is 13.0 Å². The Labute approximate surface area is 95.6 Å². The molecule has 0 atom stereocenters. The smallest absolute Gasteiger partial charge is 0.0271 e. The van der Waals surface area contributed by atoms with Crippen LogP contribution in [0.2, 0.25) is 0 Å². The van der Waals surface area contributed by atoms with Crippen molar-refractivity contribution in [3.05, 3.63) is 60.2 Å². The topological polar surface area (TPSA) is 37.8 Å². The minimum atomic E-state index is 0.896. The van der Waals surface area contributed by atoms with Gasteiger partial charge < -0.3 is 5.32 Å². The molecule has 1 N–H and O–H groups in total. The van der Waals surface area contributed by atoms with Crippen LogP contribution >= 0.6 is 0 Å². The van der Waals surface area contributed by atoms with Crippen LogP contribution in [0.4, 0.5) is 0 Å². The number of hydrogen-bond donors (Lipinski definition) is 1. The number of nitrogens with one attached hydrogen (secondary N) is 1. The summed E-state index contributed by atoms with van der Waals surface area (Å²) in [5.74, 6) is 0. The summed E-state index contributed by atoms with van der Waals surface area (Å²) in [4.78, 5) is 7.98. The minimum absolute atomic E-state index is 0.896. The molecule has 0 aliphatic rings. The summed E-state index contributed by atoms with van der Waals surface area (Å²) >= 11 is 0. The molecule has 0 unspecified atom stereocenters. The average molecular weight is 213 g/mol. The van der Waals surface area contributed by atoms with Crippen molar-refractivity contribution >= 4 is 0 Å². The Morgan fingerprint density at radius 1 is 0.812 bits per heavy atom. The molecule has 0 aliphatic heterocycles. The lowest BCUT2D eigenvalue weighted by molar-refractivity contribution is 0.686. The van der Waals surface area contributed by atoms with E-state index in [4.69, 9.17) is 0 Å². The molecule has 3 nitrogen and oxygen atoms in total. The Morgan fingerprint density at radius 3 is 2.00 bits per heavy atom. The third kappa shape index (κ3) is 3.44. The Morgan fingerprint density at radius 2 is 1.38 bits per heavy atom. The maximum atomic E-state index is 3.99. The van der Waals surface area contributed by atoms with Gasteiger partial charge in [-0.25, -0.2) is 0 Å². The van der Waals surface area contributed by atoms with Crippen LogP contribution in [0.15, 0.2) is 49.1 Å². The molecule has 0 saturated carbocycles.